The molecule has 0 saturated carbocycles. The zero-order valence-electron chi connectivity index (χ0n) is 18.6. The predicted molar refractivity (Wildman–Crippen MR) is 127 cm³/mol. The van der Waals surface area contributed by atoms with Crippen LogP contribution in [0.1, 0.15) is 35.7 Å². The van der Waals surface area contributed by atoms with E-state index in [0.29, 0.717) is 17.7 Å². The first-order valence-corrected chi connectivity index (χ1v) is 10.8. The van der Waals surface area contributed by atoms with Crippen molar-refractivity contribution in [1.29, 1.82) is 0 Å². The molecule has 34 heavy (non-hydrogen) atoms. The number of unbranched alkanes of at least 4 members (excludes halogenated alkanes) is 1. The molecule has 0 spiro atoms. The smallest absolute Gasteiger partial charge is 0.330 e. The number of hydrogen-bond acceptors (Lipinski definition) is 7. The Hall–Kier alpha value is -4.54. The van der Waals surface area contributed by atoms with Gasteiger partial charge in [-0.05, 0) is 40.6 Å². The molecule has 4 aromatic rings. The summed E-state index contributed by atoms with van der Waals surface area (Å²) < 4.78 is 2.68. The van der Waals surface area contributed by atoms with E-state index in [4.69, 9.17) is 5.73 Å². The van der Waals surface area contributed by atoms with E-state index in [0.717, 1.165) is 12.0 Å². The van der Waals surface area contributed by atoms with Gasteiger partial charge >= 0.3 is 5.69 Å². The van der Waals surface area contributed by atoms with Crippen molar-refractivity contribution in [2.24, 2.45) is 0 Å². The lowest BCUT2D eigenvalue weighted by Crippen LogP contribution is -2.41. The average Bonchev–Trinajstić information content (AvgIpc) is 3.39. The third-order valence-electron chi connectivity index (χ3n) is 5.35. The Morgan fingerprint density at radius 2 is 1.91 bits per heavy atom. The number of nitrogens with two attached hydrogens (primary N) is 1. The van der Waals surface area contributed by atoms with Gasteiger partial charge in [-0.25, -0.2) is 9.48 Å². The Morgan fingerprint density at radius 1 is 1.12 bits per heavy atom. The molecule has 0 aliphatic rings. The van der Waals surface area contributed by atoms with Crippen molar-refractivity contribution in [1.82, 2.24) is 29.8 Å². The maximum absolute atomic E-state index is 13.6. The van der Waals surface area contributed by atoms with Gasteiger partial charge in [-0.3, -0.25) is 19.1 Å². The van der Waals surface area contributed by atoms with Crippen LogP contribution in [0, 0.1) is 0 Å². The molecule has 11 heteroatoms. The standard InChI is InChI=1S/C23H24N8O3/c1-2-3-12-29(22(33)17-10-7-11-18(13-17)31-15-25-27-28-31)19-20(24)30(23(34)26-21(19)32)14-16-8-5-4-6-9-16/h4-11,13,15H,2-3,12,14,24H2,1H3,(H,26,32,34). The van der Waals surface area contributed by atoms with Gasteiger partial charge in [0.25, 0.3) is 11.5 Å². The quantitative estimate of drug-likeness (QED) is 0.406. The molecule has 0 atom stereocenters. The van der Waals surface area contributed by atoms with Crippen LogP contribution in [0.15, 0.2) is 70.5 Å². The minimum Gasteiger partial charge on any atom is -0.383 e. The zero-order chi connectivity index (χ0) is 24.1. The molecule has 0 saturated heterocycles. The van der Waals surface area contributed by atoms with Crippen molar-refractivity contribution in [2.45, 2.75) is 26.3 Å². The highest BCUT2D eigenvalue weighted by Crippen LogP contribution is 2.22. The number of carbonyl (C=O) groups excluding carboxylic acids is 1. The summed E-state index contributed by atoms with van der Waals surface area (Å²) in [7, 11) is 0. The summed E-state index contributed by atoms with van der Waals surface area (Å²) in [6.45, 7) is 2.38. The second kappa shape index (κ2) is 9.94. The van der Waals surface area contributed by atoms with Gasteiger partial charge in [0, 0.05) is 12.1 Å². The SMILES string of the molecule is CCCCN(C(=O)c1cccc(-n2cnnn2)c1)c1c(N)n(Cc2ccccc2)c(=O)[nH]c1=O. The van der Waals surface area contributed by atoms with Gasteiger partial charge in [-0.2, -0.15) is 0 Å². The number of hydrogen-bond donors (Lipinski definition) is 2. The number of aromatic nitrogens is 6. The largest absolute Gasteiger partial charge is 0.383 e. The van der Waals surface area contributed by atoms with Crippen LogP contribution in [0.25, 0.3) is 5.69 Å². The van der Waals surface area contributed by atoms with Gasteiger partial charge in [0.15, 0.2) is 5.69 Å². The Kier molecular flexibility index (Phi) is 6.62. The molecule has 2 heterocycles. The number of aromatic amines is 1. The van der Waals surface area contributed by atoms with Crippen LogP contribution >= 0.6 is 0 Å². The first kappa shape index (κ1) is 22.6. The lowest BCUT2D eigenvalue weighted by molar-refractivity contribution is 0.0986. The van der Waals surface area contributed by atoms with Crippen LogP contribution in [0.5, 0.6) is 0 Å². The lowest BCUT2D eigenvalue weighted by Gasteiger charge is -2.24. The number of tetrazole rings is 1. The van der Waals surface area contributed by atoms with Crippen molar-refractivity contribution in [3.63, 3.8) is 0 Å². The zero-order valence-corrected chi connectivity index (χ0v) is 18.6. The molecule has 1 amide bonds. The Labute approximate surface area is 194 Å². The van der Waals surface area contributed by atoms with E-state index in [1.54, 1.807) is 24.3 Å². The summed E-state index contributed by atoms with van der Waals surface area (Å²) in [5, 5.41) is 11.1. The van der Waals surface area contributed by atoms with Crippen molar-refractivity contribution < 1.29 is 4.79 Å². The van der Waals surface area contributed by atoms with E-state index in [-0.39, 0.29) is 24.6 Å². The average molecular weight is 460 g/mol. The summed E-state index contributed by atoms with van der Waals surface area (Å²) in [5.41, 5.74) is 6.67. The number of amides is 1. The highest BCUT2D eigenvalue weighted by molar-refractivity contribution is 6.07. The molecule has 2 aromatic heterocycles. The van der Waals surface area contributed by atoms with E-state index in [2.05, 4.69) is 20.5 Å². The number of nitrogen functional groups attached to an aromatic ring is 1. The second-order valence-corrected chi connectivity index (χ2v) is 7.68. The molecule has 2 aromatic carbocycles. The van der Waals surface area contributed by atoms with Crippen LogP contribution < -0.4 is 21.9 Å². The van der Waals surface area contributed by atoms with E-state index < -0.39 is 17.2 Å². The third-order valence-corrected chi connectivity index (χ3v) is 5.35. The first-order valence-electron chi connectivity index (χ1n) is 10.8. The number of nitrogens with one attached hydrogen (secondary N) is 1. The molecule has 0 aliphatic carbocycles. The summed E-state index contributed by atoms with van der Waals surface area (Å²) >= 11 is 0. The van der Waals surface area contributed by atoms with Crippen molar-refractivity contribution in [2.75, 3.05) is 17.2 Å². The number of nitrogens with zero attached hydrogens (tertiary/aromatic N) is 6. The molecular formula is C23H24N8O3. The van der Waals surface area contributed by atoms with Gasteiger partial charge in [0.1, 0.15) is 12.1 Å². The van der Waals surface area contributed by atoms with Gasteiger partial charge in [-0.1, -0.05) is 49.7 Å². The van der Waals surface area contributed by atoms with Gasteiger partial charge in [-0.15, -0.1) is 5.10 Å². The highest BCUT2D eigenvalue weighted by atomic mass is 16.2. The van der Waals surface area contributed by atoms with E-state index >= 15 is 0 Å². The Balaban J connectivity index is 1.78. The minimum atomic E-state index is -0.715. The fraction of sp³-hybridized carbons (Fsp3) is 0.217. The maximum atomic E-state index is 13.6. The molecule has 0 bridgehead atoms. The van der Waals surface area contributed by atoms with E-state index in [9.17, 15) is 14.4 Å². The summed E-state index contributed by atoms with van der Waals surface area (Å²) in [6, 6.07) is 16.0. The lowest BCUT2D eigenvalue weighted by atomic mass is 10.1. The van der Waals surface area contributed by atoms with Gasteiger partial charge in [0.2, 0.25) is 0 Å². The van der Waals surface area contributed by atoms with E-state index in [1.807, 2.05) is 37.3 Å². The van der Waals surface area contributed by atoms with Gasteiger partial charge in [0.05, 0.1) is 12.2 Å². The number of H-pyrrole nitrogens is 1. The molecule has 0 unspecified atom stereocenters. The third kappa shape index (κ3) is 4.63. The summed E-state index contributed by atoms with van der Waals surface area (Å²) in [5.74, 6) is -0.496. The van der Waals surface area contributed by atoms with Crippen LogP contribution in [-0.2, 0) is 6.54 Å². The monoisotopic (exact) mass is 460 g/mol. The van der Waals surface area contributed by atoms with Crippen LogP contribution in [0.2, 0.25) is 0 Å². The fourth-order valence-electron chi connectivity index (χ4n) is 3.61. The fourth-order valence-corrected chi connectivity index (χ4v) is 3.61. The minimum absolute atomic E-state index is 0.0539. The van der Waals surface area contributed by atoms with Crippen molar-refractivity contribution in [3.05, 3.63) is 92.9 Å². The summed E-state index contributed by atoms with van der Waals surface area (Å²) in [6.07, 6.45) is 2.84. The number of anilines is 2. The molecule has 0 radical (unpaired) electrons. The van der Waals surface area contributed by atoms with Crippen LogP contribution in [0.4, 0.5) is 11.5 Å². The summed E-state index contributed by atoms with van der Waals surface area (Å²) in [4.78, 5) is 42.7. The van der Waals surface area contributed by atoms with Crippen molar-refractivity contribution >= 4 is 17.4 Å². The Bertz CT molecular complexity index is 1390. The second-order valence-electron chi connectivity index (χ2n) is 7.68. The maximum Gasteiger partial charge on any atom is 0.330 e. The molecule has 4 rings (SSSR count). The normalized spacial score (nSPS) is 10.9. The van der Waals surface area contributed by atoms with E-state index in [1.165, 1.54) is 20.5 Å². The first-order chi connectivity index (χ1) is 16.5. The topological polar surface area (TPSA) is 145 Å². The number of rotatable bonds is 8. The highest BCUT2D eigenvalue weighted by Gasteiger charge is 2.25. The number of carbonyl (C=O) groups is 1. The molecule has 174 valence electrons. The molecule has 0 fully saturated rings. The predicted octanol–water partition coefficient (Wildman–Crippen LogP) is 1.59. The molecular weight excluding hydrogens is 436 g/mol. The molecule has 11 nitrogen and oxygen atoms in total. The van der Waals surface area contributed by atoms with Gasteiger partial charge < -0.3 is 10.6 Å². The Morgan fingerprint density at radius 3 is 2.62 bits per heavy atom. The number of benzene rings is 2. The molecule has 3 N–H and O–H groups in total. The van der Waals surface area contributed by atoms with Crippen LogP contribution in [0.3, 0.4) is 0 Å². The molecule has 0 aliphatic heterocycles. The van der Waals surface area contributed by atoms with Crippen LogP contribution in [-0.4, -0.2) is 42.2 Å². The van der Waals surface area contributed by atoms with Crippen molar-refractivity contribution in [3.8, 4) is 5.69 Å².